The van der Waals surface area contributed by atoms with Crippen molar-refractivity contribution in [3.8, 4) is 0 Å². The normalized spacial score (nSPS) is 11.1. The first kappa shape index (κ1) is 19.1. The number of pyridine rings is 1. The smallest absolute Gasteiger partial charge is 0.220 e. The number of aromatic nitrogens is 2. The molecule has 0 saturated carbocycles. The number of rotatable bonds is 11. The molecule has 142 valence electrons. The number of H-pyrrole nitrogens is 1. The van der Waals surface area contributed by atoms with E-state index in [0.29, 0.717) is 12.8 Å². The maximum atomic E-state index is 12.0. The Balaban J connectivity index is 1.40. The number of nitrogens with one attached hydrogen (secondary N) is 2. The average molecular weight is 365 g/mol. The fourth-order valence-corrected chi connectivity index (χ4v) is 3.41. The fraction of sp³-hybridized carbons (Fsp3) is 0.409. The highest BCUT2D eigenvalue weighted by atomic mass is 16.1. The van der Waals surface area contributed by atoms with Gasteiger partial charge in [-0.3, -0.25) is 9.78 Å². The molecule has 0 unspecified atom stereocenters. The Morgan fingerprint density at radius 3 is 2.78 bits per heavy atom. The number of aldehydes is 1. The highest BCUT2D eigenvalue weighted by molar-refractivity contribution is 6.06. The van der Waals surface area contributed by atoms with E-state index in [1.165, 1.54) is 5.39 Å². The summed E-state index contributed by atoms with van der Waals surface area (Å²) >= 11 is 0. The maximum Gasteiger partial charge on any atom is 0.220 e. The summed E-state index contributed by atoms with van der Waals surface area (Å²) in [5, 5.41) is 5.30. The Morgan fingerprint density at radius 1 is 1.04 bits per heavy atom. The minimum Gasteiger partial charge on any atom is -0.356 e. The van der Waals surface area contributed by atoms with Crippen molar-refractivity contribution in [2.24, 2.45) is 0 Å². The summed E-state index contributed by atoms with van der Waals surface area (Å²) < 4.78 is 0. The van der Waals surface area contributed by atoms with Crippen molar-refractivity contribution in [3.63, 3.8) is 0 Å². The predicted octanol–water partition coefficient (Wildman–Crippen LogP) is 4.30. The second kappa shape index (κ2) is 9.86. The monoisotopic (exact) mass is 365 g/mol. The Hall–Kier alpha value is -2.69. The van der Waals surface area contributed by atoms with Crippen LogP contribution in [0.5, 0.6) is 0 Å². The van der Waals surface area contributed by atoms with Crippen LogP contribution in [-0.4, -0.2) is 28.7 Å². The summed E-state index contributed by atoms with van der Waals surface area (Å²) in [6, 6.07) is 8.30. The molecule has 2 heterocycles. The minimum atomic E-state index is 0.108. The molecule has 0 fully saturated rings. The molecule has 0 atom stereocenters. The molecule has 5 heteroatoms. The number of hydrogen-bond donors (Lipinski definition) is 2. The van der Waals surface area contributed by atoms with E-state index in [9.17, 15) is 9.59 Å². The van der Waals surface area contributed by atoms with Gasteiger partial charge < -0.3 is 15.1 Å². The lowest BCUT2D eigenvalue weighted by molar-refractivity contribution is -0.121. The Labute approximate surface area is 159 Å². The van der Waals surface area contributed by atoms with Crippen molar-refractivity contribution in [3.05, 3.63) is 42.2 Å². The van der Waals surface area contributed by atoms with Gasteiger partial charge in [-0.1, -0.05) is 31.4 Å². The van der Waals surface area contributed by atoms with Crippen LogP contribution in [0.25, 0.3) is 21.8 Å². The fourth-order valence-electron chi connectivity index (χ4n) is 3.41. The van der Waals surface area contributed by atoms with Gasteiger partial charge in [0.2, 0.25) is 5.91 Å². The number of nitrogens with zero attached hydrogens (tertiary/aromatic N) is 1. The Morgan fingerprint density at radius 2 is 1.89 bits per heavy atom. The van der Waals surface area contributed by atoms with Gasteiger partial charge in [0.25, 0.3) is 0 Å². The predicted molar refractivity (Wildman–Crippen MR) is 109 cm³/mol. The molecule has 0 aliphatic carbocycles. The van der Waals surface area contributed by atoms with Crippen LogP contribution in [0, 0.1) is 0 Å². The van der Waals surface area contributed by atoms with Gasteiger partial charge in [-0.25, -0.2) is 0 Å². The van der Waals surface area contributed by atoms with Crippen molar-refractivity contribution in [2.45, 2.75) is 51.4 Å². The van der Waals surface area contributed by atoms with Crippen molar-refractivity contribution in [2.75, 3.05) is 6.54 Å². The molecule has 0 bridgehead atoms. The van der Waals surface area contributed by atoms with Gasteiger partial charge in [0.05, 0.1) is 0 Å². The van der Waals surface area contributed by atoms with Crippen LogP contribution >= 0.6 is 0 Å². The third-order valence-electron chi connectivity index (χ3n) is 4.93. The van der Waals surface area contributed by atoms with Crippen LogP contribution in [0.4, 0.5) is 0 Å². The van der Waals surface area contributed by atoms with Gasteiger partial charge in [0, 0.05) is 53.6 Å². The first-order valence-electron chi connectivity index (χ1n) is 9.82. The highest BCUT2D eigenvalue weighted by Gasteiger charge is 2.06. The molecule has 0 spiro atoms. The van der Waals surface area contributed by atoms with Gasteiger partial charge in [-0.2, -0.15) is 0 Å². The number of carbonyl (C=O) groups excluding carboxylic acids is 2. The molecule has 3 aromatic rings. The SMILES string of the molecule is O=CCCCCCCCNC(=O)CCc1ccc2c(c1)[nH]c1ccncc12. The van der Waals surface area contributed by atoms with Crippen molar-refractivity contribution >= 4 is 34.0 Å². The van der Waals surface area contributed by atoms with E-state index in [0.717, 1.165) is 73.3 Å². The van der Waals surface area contributed by atoms with Crippen LogP contribution in [0.2, 0.25) is 0 Å². The topological polar surface area (TPSA) is 74.8 Å². The molecule has 2 N–H and O–H groups in total. The number of benzene rings is 1. The molecule has 1 aromatic carbocycles. The van der Waals surface area contributed by atoms with Gasteiger partial charge in [-0.05, 0) is 37.0 Å². The number of aryl methyl sites for hydroxylation is 1. The van der Waals surface area contributed by atoms with E-state index < -0.39 is 0 Å². The number of carbonyl (C=O) groups is 2. The molecule has 1 amide bonds. The summed E-state index contributed by atoms with van der Waals surface area (Å²) in [6.45, 7) is 0.737. The minimum absolute atomic E-state index is 0.108. The Kier molecular flexibility index (Phi) is 6.97. The zero-order chi connectivity index (χ0) is 18.9. The Bertz CT molecular complexity index is 901. The molecular formula is C22H27N3O2. The summed E-state index contributed by atoms with van der Waals surface area (Å²) in [4.78, 5) is 29.9. The number of aromatic amines is 1. The number of hydrogen-bond acceptors (Lipinski definition) is 3. The lowest BCUT2D eigenvalue weighted by atomic mass is 10.1. The summed E-state index contributed by atoms with van der Waals surface area (Å²) in [6.07, 6.45) is 11.9. The quantitative estimate of drug-likeness (QED) is 0.393. The molecule has 0 saturated heterocycles. The van der Waals surface area contributed by atoms with Crippen LogP contribution in [0.1, 0.15) is 50.5 Å². The summed E-state index contributed by atoms with van der Waals surface area (Å²) in [5.74, 6) is 0.108. The largest absolute Gasteiger partial charge is 0.356 e. The van der Waals surface area contributed by atoms with E-state index in [1.54, 1.807) is 6.20 Å². The van der Waals surface area contributed by atoms with Gasteiger partial charge in [0.15, 0.2) is 0 Å². The van der Waals surface area contributed by atoms with Crippen LogP contribution in [0.3, 0.4) is 0 Å². The third kappa shape index (κ3) is 5.39. The van der Waals surface area contributed by atoms with E-state index in [-0.39, 0.29) is 5.91 Å². The van der Waals surface area contributed by atoms with Crippen molar-refractivity contribution < 1.29 is 9.59 Å². The molecule has 0 radical (unpaired) electrons. The zero-order valence-electron chi connectivity index (χ0n) is 15.7. The standard InChI is InChI=1S/C22H27N3O2/c26-14-6-4-2-1-3-5-12-24-22(27)10-8-17-7-9-18-19-16-23-13-11-20(19)25-21(18)15-17/h7,9,11,13-16,25H,1-6,8,10,12H2,(H,24,27). The van der Waals surface area contributed by atoms with E-state index in [4.69, 9.17) is 0 Å². The summed E-state index contributed by atoms with van der Waals surface area (Å²) in [5.41, 5.74) is 3.33. The lowest BCUT2D eigenvalue weighted by Crippen LogP contribution is -2.24. The van der Waals surface area contributed by atoms with Gasteiger partial charge >= 0.3 is 0 Å². The lowest BCUT2D eigenvalue weighted by Gasteiger charge is -2.06. The molecule has 2 aromatic heterocycles. The van der Waals surface area contributed by atoms with Gasteiger partial charge in [-0.15, -0.1) is 0 Å². The van der Waals surface area contributed by atoms with Crippen molar-refractivity contribution in [1.29, 1.82) is 0 Å². The van der Waals surface area contributed by atoms with E-state index in [1.807, 2.05) is 12.3 Å². The average Bonchev–Trinajstić information content (AvgIpc) is 3.06. The second-order valence-electron chi connectivity index (χ2n) is 7.00. The molecule has 5 nitrogen and oxygen atoms in total. The maximum absolute atomic E-state index is 12.0. The summed E-state index contributed by atoms with van der Waals surface area (Å²) in [7, 11) is 0. The molecular weight excluding hydrogens is 338 g/mol. The highest BCUT2D eigenvalue weighted by Crippen LogP contribution is 2.25. The van der Waals surface area contributed by atoms with E-state index >= 15 is 0 Å². The second-order valence-corrected chi connectivity index (χ2v) is 7.00. The molecule has 3 rings (SSSR count). The number of fused-ring (bicyclic) bond motifs is 3. The first-order chi connectivity index (χ1) is 13.3. The third-order valence-corrected chi connectivity index (χ3v) is 4.93. The van der Waals surface area contributed by atoms with Crippen LogP contribution in [0.15, 0.2) is 36.7 Å². The van der Waals surface area contributed by atoms with E-state index in [2.05, 4.69) is 33.5 Å². The molecule has 0 aliphatic heterocycles. The van der Waals surface area contributed by atoms with Gasteiger partial charge in [0.1, 0.15) is 6.29 Å². The number of unbranched alkanes of at least 4 members (excludes halogenated alkanes) is 5. The molecule has 0 aliphatic rings. The van der Waals surface area contributed by atoms with Crippen LogP contribution < -0.4 is 5.32 Å². The number of amides is 1. The van der Waals surface area contributed by atoms with Crippen molar-refractivity contribution in [1.82, 2.24) is 15.3 Å². The van der Waals surface area contributed by atoms with Crippen LogP contribution in [-0.2, 0) is 16.0 Å². The first-order valence-corrected chi connectivity index (χ1v) is 9.82. The molecule has 27 heavy (non-hydrogen) atoms. The zero-order valence-corrected chi connectivity index (χ0v) is 15.7.